The van der Waals surface area contributed by atoms with Gasteiger partial charge in [0.15, 0.2) is 0 Å². The van der Waals surface area contributed by atoms with E-state index in [1.54, 1.807) is 0 Å². The van der Waals surface area contributed by atoms with Crippen molar-refractivity contribution in [2.75, 3.05) is 39.3 Å². The summed E-state index contributed by atoms with van der Waals surface area (Å²) in [6, 6.07) is 1.44. The Bertz CT molecular complexity index is 236. The minimum Gasteiger partial charge on any atom is -0.312 e. The molecule has 2 aliphatic rings. The molecule has 2 atom stereocenters. The summed E-state index contributed by atoms with van der Waals surface area (Å²) < 4.78 is 0. The minimum atomic E-state index is 0.707. The van der Waals surface area contributed by atoms with Crippen LogP contribution in [0.4, 0.5) is 0 Å². The Labute approximate surface area is 113 Å². The van der Waals surface area contributed by atoms with Crippen molar-refractivity contribution in [2.45, 2.75) is 52.1 Å². The largest absolute Gasteiger partial charge is 0.312 e. The Morgan fingerprint density at radius 2 is 1.83 bits per heavy atom. The van der Waals surface area contributed by atoms with E-state index in [2.05, 4.69) is 35.9 Å². The number of nitrogens with zero attached hydrogens (tertiary/aromatic N) is 2. The molecule has 2 aliphatic heterocycles. The van der Waals surface area contributed by atoms with Crippen LogP contribution in [0.1, 0.15) is 40.0 Å². The van der Waals surface area contributed by atoms with Crippen LogP contribution in [0.15, 0.2) is 0 Å². The lowest BCUT2D eigenvalue weighted by Crippen LogP contribution is -2.39. The third-order valence-electron chi connectivity index (χ3n) is 4.47. The van der Waals surface area contributed by atoms with Crippen molar-refractivity contribution >= 4 is 0 Å². The van der Waals surface area contributed by atoms with Crippen LogP contribution in [0.5, 0.6) is 0 Å². The maximum absolute atomic E-state index is 3.77. The zero-order valence-corrected chi connectivity index (χ0v) is 12.5. The molecule has 0 bridgehead atoms. The first-order valence-electron chi connectivity index (χ1n) is 7.85. The van der Waals surface area contributed by atoms with E-state index >= 15 is 0 Å². The van der Waals surface area contributed by atoms with Gasteiger partial charge < -0.3 is 10.2 Å². The fraction of sp³-hybridized carbons (Fsp3) is 1.00. The lowest BCUT2D eigenvalue weighted by Gasteiger charge is -2.23. The van der Waals surface area contributed by atoms with Crippen molar-refractivity contribution < 1.29 is 0 Å². The molecule has 2 rings (SSSR count). The fourth-order valence-electron chi connectivity index (χ4n) is 3.26. The fourth-order valence-corrected chi connectivity index (χ4v) is 3.26. The van der Waals surface area contributed by atoms with Crippen molar-refractivity contribution in [3.05, 3.63) is 0 Å². The summed E-state index contributed by atoms with van der Waals surface area (Å²) in [5, 5.41) is 3.77. The molecule has 0 amide bonds. The van der Waals surface area contributed by atoms with Gasteiger partial charge >= 0.3 is 0 Å². The predicted octanol–water partition coefficient (Wildman–Crippen LogP) is 1.79. The molecule has 3 heteroatoms. The van der Waals surface area contributed by atoms with Crippen molar-refractivity contribution in [1.29, 1.82) is 0 Å². The third kappa shape index (κ3) is 4.22. The lowest BCUT2D eigenvalue weighted by molar-refractivity contribution is 0.259. The molecule has 2 heterocycles. The Hall–Kier alpha value is -0.120. The Morgan fingerprint density at radius 1 is 1.11 bits per heavy atom. The Balaban J connectivity index is 1.59. The highest BCUT2D eigenvalue weighted by Crippen LogP contribution is 2.13. The minimum absolute atomic E-state index is 0.707. The van der Waals surface area contributed by atoms with Gasteiger partial charge in [-0.1, -0.05) is 6.92 Å². The Morgan fingerprint density at radius 3 is 2.44 bits per heavy atom. The number of hydrogen-bond acceptors (Lipinski definition) is 3. The van der Waals surface area contributed by atoms with E-state index in [1.807, 2.05) is 0 Å². The van der Waals surface area contributed by atoms with Gasteiger partial charge in [0, 0.05) is 25.2 Å². The van der Waals surface area contributed by atoms with Crippen molar-refractivity contribution in [3.63, 3.8) is 0 Å². The van der Waals surface area contributed by atoms with Gasteiger partial charge in [-0.15, -0.1) is 0 Å². The van der Waals surface area contributed by atoms with Crippen LogP contribution in [0.2, 0.25) is 0 Å². The van der Waals surface area contributed by atoms with Crippen LogP contribution >= 0.6 is 0 Å². The van der Waals surface area contributed by atoms with Gasteiger partial charge in [0.05, 0.1) is 0 Å². The first-order chi connectivity index (χ1) is 8.65. The zero-order valence-electron chi connectivity index (χ0n) is 12.5. The maximum atomic E-state index is 3.77. The molecule has 2 fully saturated rings. The molecule has 2 saturated heterocycles. The summed E-state index contributed by atoms with van der Waals surface area (Å²) in [5.74, 6) is 0.788. The van der Waals surface area contributed by atoms with Gasteiger partial charge in [-0.25, -0.2) is 0 Å². The molecule has 0 saturated carbocycles. The molecule has 2 unspecified atom stereocenters. The second-order valence-electron chi connectivity index (χ2n) is 6.60. The zero-order chi connectivity index (χ0) is 13.0. The van der Waals surface area contributed by atoms with Crippen LogP contribution in [0, 0.1) is 5.92 Å². The summed E-state index contributed by atoms with van der Waals surface area (Å²) in [5.41, 5.74) is 0. The van der Waals surface area contributed by atoms with Crippen molar-refractivity contribution in [2.24, 2.45) is 5.92 Å². The molecule has 106 valence electrons. The standard InChI is InChI=1S/C15H31N3/c1-13(2)18-9-6-15(12-18)16-10-14(3)11-17-7-4-5-8-17/h13-16H,4-12H2,1-3H3. The first kappa shape index (κ1) is 14.3. The second kappa shape index (κ2) is 6.88. The molecule has 0 aromatic heterocycles. The van der Waals surface area contributed by atoms with E-state index in [0.717, 1.165) is 12.0 Å². The molecule has 0 aliphatic carbocycles. The predicted molar refractivity (Wildman–Crippen MR) is 78.0 cm³/mol. The highest BCUT2D eigenvalue weighted by molar-refractivity contribution is 4.83. The van der Waals surface area contributed by atoms with Gasteiger partial charge in [0.25, 0.3) is 0 Å². The second-order valence-corrected chi connectivity index (χ2v) is 6.60. The van der Waals surface area contributed by atoms with E-state index in [-0.39, 0.29) is 0 Å². The summed E-state index contributed by atoms with van der Waals surface area (Å²) in [6.07, 6.45) is 4.15. The number of rotatable bonds is 6. The van der Waals surface area contributed by atoms with Gasteiger partial charge in [0.2, 0.25) is 0 Å². The highest BCUT2D eigenvalue weighted by Gasteiger charge is 2.24. The topological polar surface area (TPSA) is 18.5 Å². The quantitative estimate of drug-likeness (QED) is 0.778. The molecule has 0 aromatic carbocycles. The lowest BCUT2D eigenvalue weighted by atomic mass is 10.1. The van der Waals surface area contributed by atoms with E-state index < -0.39 is 0 Å². The SMILES string of the molecule is CC(CNC1CCN(C(C)C)C1)CN1CCCC1. The van der Waals surface area contributed by atoms with E-state index in [4.69, 9.17) is 0 Å². The molecule has 0 aromatic rings. The maximum Gasteiger partial charge on any atom is 0.0207 e. The molecular weight excluding hydrogens is 222 g/mol. The summed E-state index contributed by atoms with van der Waals surface area (Å²) in [4.78, 5) is 5.21. The van der Waals surface area contributed by atoms with Gasteiger partial charge in [-0.2, -0.15) is 0 Å². The van der Waals surface area contributed by atoms with E-state index in [0.29, 0.717) is 6.04 Å². The van der Waals surface area contributed by atoms with Crippen molar-refractivity contribution in [3.8, 4) is 0 Å². The molecule has 0 radical (unpaired) electrons. The smallest absolute Gasteiger partial charge is 0.0207 e. The summed E-state index contributed by atoms with van der Waals surface area (Å²) in [7, 11) is 0. The third-order valence-corrected chi connectivity index (χ3v) is 4.47. The van der Waals surface area contributed by atoms with Crippen LogP contribution in [-0.2, 0) is 0 Å². The average molecular weight is 253 g/mol. The van der Waals surface area contributed by atoms with Crippen molar-refractivity contribution in [1.82, 2.24) is 15.1 Å². The average Bonchev–Trinajstić information content (AvgIpc) is 2.96. The molecule has 0 spiro atoms. The van der Waals surface area contributed by atoms with Crippen LogP contribution in [0.25, 0.3) is 0 Å². The molecular formula is C15H31N3. The van der Waals surface area contributed by atoms with Gasteiger partial charge in [-0.3, -0.25) is 4.90 Å². The normalized spacial score (nSPS) is 28.3. The first-order valence-corrected chi connectivity index (χ1v) is 7.85. The number of likely N-dealkylation sites (tertiary alicyclic amines) is 2. The summed E-state index contributed by atoms with van der Waals surface area (Å²) >= 11 is 0. The number of nitrogens with one attached hydrogen (secondary N) is 1. The molecule has 1 N–H and O–H groups in total. The van der Waals surface area contributed by atoms with E-state index in [1.165, 1.54) is 58.5 Å². The van der Waals surface area contributed by atoms with Crippen LogP contribution < -0.4 is 5.32 Å². The molecule has 3 nitrogen and oxygen atoms in total. The monoisotopic (exact) mass is 253 g/mol. The summed E-state index contributed by atoms with van der Waals surface area (Å²) in [6.45, 7) is 14.6. The van der Waals surface area contributed by atoms with Crippen LogP contribution in [-0.4, -0.2) is 61.2 Å². The number of hydrogen-bond donors (Lipinski definition) is 1. The van der Waals surface area contributed by atoms with Gasteiger partial charge in [-0.05, 0) is 65.2 Å². The Kier molecular flexibility index (Phi) is 5.46. The van der Waals surface area contributed by atoms with Crippen LogP contribution in [0.3, 0.4) is 0 Å². The van der Waals surface area contributed by atoms with E-state index in [9.17, 15) is 0 Å². The van der Waals surface area contributed by atoms with Gasteiger partial charge in [0.1, 0.15) is 0 Å². The molecule has 18 heavy (non-hydrogen) atoms. The highest BCUT2D eigenvalue weighted by atomic mass is 15.2.